The van der Waals surface area contributed by atoms with Crippen molar-refractivity contribution in [3.05, 3.63) is 34.6 Å². The highest BCUT2D eigenvalue weighted by molar-refractivity contribution is 6.31. The van der Waals surface area contributed by atoms with Gasteiger partial charge >= 0.3 is 0 Å². The van der Waals surface area contributed by atoms with Crippen LogP contribution in [0.3, 0.4) is 0 Å². The molecule has 1 saturated heterocycles. The van der Waals surface area contributed by atoms with Gasteiger partial charge in [0.1, 0.15) is 5.82 Å². The number of halogens is 3. The van der Waals surface area contributed by atoms with Crippen LogP contribution in [0.4, 0.5) is 4.39 Å². The molecule has 3 nitrogen and oxygen atoms in total. The Balaban J connectivity index is 0.00000162. The Labute approximate surface area is 117 Å². The lowest BCUT2D eigenvalue weighted by Gasteiger charge is -2.27. The maximum atomic E-state index is 13.5. The van der Waals surface area contributed by atoms with Crippen molar-refractivity contribution in [1.82, 2.24) is 10.2 Å². The minimum atomic E-state index is -0.416. The van der Waals surface area contributed by atoms with Gasteiger partial charge in [-0.15, -0.1) is 12.4 Å². The normalized spacial score (nSPS) is 15.1. The van der Waals surface area contributed by atoms with Crippen molar-refractivity contribution in [3.63, 3.8) is 0 Å². The Morgan fingerprint density at radius 3 is 2.67 bits per heavy atom. The molecule has 1 aromatic carbocycles. The van der Waals surface area contributed by atoms with Gasteiger partial charge in [-0.1, -0.05) is 17.7 Å². The van der Waals surface area contributed by atoms with Gasteiger partial charge < -0.3 is 10.2 Å². The zero-order chi connectivity index (χ0) is 12.3. The second-order valence-electron chi connectivity index (χ2n) is 4.01. The number of amides is 1. The lowest BCUT2D eigenvalue weighted by molar-refractivity contribution is -0.131. The van der Waals surface area contributed by atoms with E-state index in [0.717, 1.165) is 13.1 Å². The van der Waals surface area contributed by atoms with Crippen LogP contribution in [0.25, 0.3) is 0 Å². The summed E-state index contributed by atoms with van der Waals surface area (Å²) in [4.78, 5) is 13.7. The predicted molar refractivity (Wildman–Crippen MR) is 71.8 cm³/mol. The molecule has 6 heteroatoms. The maximum Gasteiger partial charge on any atom is 0.227 e. The Morgan fingerprint density at radius 2 is 2.06 bits per heavy atom. The van der Waals surface area contributed by atoms with Gasteiger partial charge in [0, 0.05) is 36.8 Å². The largest absolute Gasteiger partial charge is 0.340 e. The van der Waals surface area contributed by atoms with Crippen LogP contribution in [0.5, 0.6) is 0 Å². The zero-order valence-electron chi connectivity index (χ0n) is 9.79. The van der Waals surface area contributed by atoms with Crippen molar-refractivity contribution in [1.29, 1.82) is 0 Å². The number of nitrogens with zero attached hydrogens (tertiary/aromatic N) is 1. The molecule has 0 atom stereocenters. The van der Waals surface area contributed by atoms with Gasteiger partial charge in [-0.05, 0) is 12.1 Å². The first-order valence-electron chi connectivity index (χ1n) is 5.60. The quantitative estimate of drug-likeness (QED) is 0.903. The van der Waals surface area contributed by atoms with Crippen LogP contribution in [0.1, 0.15) is 5.56 Å². The highest BCUT2D eigenvalue weighted by Crippen LogP contribution is 2.20. The van der Waals surface area contributed by atoms with Crippen LogP contribution in [0.15, 0.2) is 18.2 Å². The zero-order valence-corrected chi connectivity index (χ0v) is 11.4. The molecule has 100 valence electrons. The summed E-state index contributed by atoms with van der Waals surface area (Å²) in [7, 11) is 0. The van der Waals surface area contributed by atoms with E-state index < -0.39 is 5.82 Å². The van der Waals surface area contributed by atoms with Crippen LogP contribution >= 0.6 is 24.0 Å². The molecule has 18 heavy (non-hydrogen) atoms. The van der Waals surface area contributed by atoms with Crippen LogP contribution in [-0.2, 0) is 11.2 Å². The van der Waals surface area contributed by atoms with E-state index in [9.17, 15) is 9.18 Å². The molecule has 0 bridgehead atoms. The molecule has 0 aliphatic carbocycles. The van der Waals surface area contributed by atoms with Crippen molar-refractivity contribution < 1.29 is 9.18 Å². The van der Waals surface area contributed by atoms with Gasteiger partial charge in [0.2, 0.25) is 5.91 Å². The van der Waals surface area contributed by atoms with Gasteiger partial charge in [-0.25, -0.2) is 4.39 Å². The third-order valence-corrected chi connectivity index (χ3v) is 3.21. The van der Waals surface area contributed by atoms with Crippen molar-refractivity contribution in [2.75, 3.05) is 26.2 Å². The van der Waals surface area contributed by atoms with Crippen LogP contribution in [-0.4, -0.2) is 37.0 Å². The Kier molecular flexibility index (Phi) is 5.85. The fourth-order valence-corrected chi connectivity index (χ4v) is 2.11. The molecule has 1 heterocycles. The van der Waals surface area contributed by atoms with Gasteiger partial charge in [-0.3, -0.25) is 4.79 Å². The van der Waals surface area contributed by atoms with Gasteiger partial charge in [0.05, 0.1) is 6.42 Å². The van der Waals surface area contributed by atoms with E-state index in [0.29, 0.717) is 18.1 Å². The highest BCUT2D eigenvalue weighted by Gasteiger charge is 2.19. The Hall–Kier alpha value is -0.840. The summed E-state index contributed by atoms with van der Waals surface area (Å²) in [6, 6.07) is 4.47. The molecular formula is C12H15Cl2FN2O. The van der Waals surface area contributed by atoms with E-state index in [2.05, 4.69) is 5.32 Å². The van der Waals surface area contributed by atoms with Gasteiger partial charge in [0.25, 0.3) is 0 Å². The number of piperazine rings is 1. The summed E-state index contributed by atoms with van der Waals surface area (Å²) in [6.07, 6.45) is 0.0332. The fraction of sp³-hybridized carbons (Fsp3) is 0.417. The molecule has 1 N–H and O–H groups in total. The number of hydrogen-bond donors (Lipinski definition) is 1. The van der Waals surface area contributed by atoms with Crippen LogP contribution in [0, 0.1) is 5.82 Å². The molecule has 1 aliphatic rings. The third-order valence-electron chi connectivity index (χ3n) is 2.86. The number of nitrogens with one attached hydrogen (secondary N) is 1. The summed E-state index contributed by atoms with van der Waals surface area (Å²) in [5.74, 6) is -0.487. The first-order chi connectivity index (χ1) is 8.18. The smallest absolute Gasteiger partial charge is 0.227 e. The number of hydrogen-bond acceptors (Lipinski definition) is 2. The van der Waals surface area contributed by atoms with Crippen molar-refractivity contribution >= 4 is 29.9 Å². The molecule has 1 aliphatic heterocycles. The van der Waals surface area contributed by atoms with E-state index in [1.54, 1.807) is 11.0 Å². The standard InChI is InChI=1S/C12H14ClFN2O.ClH/c13-10-2-1-3-11(14)9(10)8-12(17)16-6-4-15-5-7-16;/h1-3,15H,4-8H2;1H. The number of benzene rings is 1. The minimum Gasteiger partial charge on any atom is -0.340 e. The van der Waals surface area contributed by atoms with Gasteiger partial charge in [0.15, 0.2) is 0 Å². The molecule has 2 rings (SSSR count). The Morgan fingerprint density at radius 1 is 1.39 bits per heavy atom. The van der Waals surface area contributed by atoms with Crippen LogP contribution < -0.4 is 5.32 Å². The molecule has 1 amide bonds. The first-order valence-corrected chi connectivity index (χ1v) is 5.97. The lowest BCUT2D eigenvalue weighted by atomic mass is 10.1. The van der Waals surface area contributed by atoms with Crippen molar-refractivity contribution in [2.45, 2.75) is 6.42 Å². The molecule has 0 saturated carbocycles. The molecule has 0 unspecified atom stereocenters. The second-order valence-corrected chi connectivity index (χ2v) is 4.41. The first kappa shape index (κ1) is 15.2. The molecule has 0 radical (unpaired) electrons. The SMILES string of the molecule is Cl.O=C(Cc1c(F)cccc1Cl)N1CCNCC1. The van der Waals surface area contributed by atoms with Crippen molar-refractivity contribution in [3.8, 4) is 0 Å². The summed E-state index contributed by atoms with van der Waals surface area (Å²) in [5, 5.41) is 3.48. The Bertz CT molecular complexity index is 402. The van der Waals surface area contributed by atoms with E-state index >= 15 is 0 Å². The number of carbonyl (C=O) groups excluding carboxylic acids is 1. The molecule has 1 fully saturated rings. The maximum absolute atomic E-state index is 13.5. The average molecular weight is 293 g/mol. The summed E-state index contributed by atoms with van der Waals surface area (Å²) in [6.45, 7) is 2.92. The molecule has 0 spiro atoms. The van der Waals surface area contributed by atoms with E-state index in [-0.39, 0.29) is 30.3 Å². The third kappa shape index (κ3) is 3.57. The summed E-state index contributed by atoms with van der Waals surface area (Å²) < 4.78 is 13.5. The summed E-state index contributed by atoms with van der Waals surface area (Å²) in [5.41, 5.74) is 0.290. The van der Waals surface area contributed by atoms with Crippen molar-refractivity contribution in [2.24, 2.45) is 0 Å². The minimum absolute atomic E-state index is 0. The fourth-order valence-electron chi connectivity index (χ4n) is 1.88. The monoisotopic (exact) mass is 292 g/mol. The predicted octanol–water partition coefficient (Wildman–Crippen LogP) is 1.88. The molecular weight excluding hydrogens is 278 g/mol. The van der Waals surface area contributed by atoms with E-state index in [1.807, 2.05) is 0 Å². The average Bonchev–Trinajstić information content (AvgIpc) is 2.35. The lowest BCUT2D eigenvalue weighted by Crippen LogP contribution is -2.47. The van der Waals surface area contributed by atoms with Gasteiger partial charge in [-0.2, -0.15) is 0 Å². The number of carbonyl (C=O) groups is 1. The topological polar surface area (TPSA) is 32.3 Å². The highest BCUT2D eigenvalue weighted by atomic mass is 35.5. The van der Waals surface area contributed by atoms with E-state index in [4.69, 9.17) is 11.6 Å². The second kappa shape index (κ2) is 6.92. The molecule has 1 aromatic rings. The number of rotatable bonds is 2. The van der Waals surface area contributed by atoms with Crippen LogP contribution in [0.2, 0.25) is 5.02 Å². The molecule has 0 aromatic heterocycles. The summed E-state index contributed by atoms with van der Waals surface area (Å²) >= 11 is 5.89. The van der Waals surface area contributed by atoms with E-state index in [1.165, 1.54) is 12.1 Å².